The molecule has 5 nitrogen and oxygen atoms in total. The maximum atomic E-state index is 11.4. The number of hydrogen-bond donors (Lipinski definition) is 2. The van der Waals surface area contributed by atoms with Crippen LogP contribution in [0.3, 0.4) is 0 Å². The highest BCUT2D eigenvalue weighted by Gasteiger charge is 2.17. The van der Waals surface area contributed by atoms with E-state index < -0.39 is 0 Å². The van der Waals surface area contributed by atoms with Crippen LogP contribution in [0.25, 0.3) is 0 Å². The van der Waals surface area contributed by atoms with Crippen molar-refractivity contribution in [2.75, 3.05) is 33.5 Å². The van der Waals surface area contributed by atoms with E-state index in [4.69, 9.17) is 15.2 Å². The number of hydrogen-bond acceptors (Lipinski definition) is 4. The summed E-state index contributed by atoms with van der Waals surface area (Å²) in [4.78, 5) is 11.4. The zero-order valence-electron chi connectivity index (χ0n) is 10.2. The van der Waals surface area contributed by atoms with Crippen molar-refractivity contribution < 1.29 is 14.3 Å². The van der Waals surface area contributed by atoms with Crippen LogP contribution in [0.15, 0.2) is 0 Å². The molecule has 3 N–H and O–H groups in total. The Kier molecular flexibility index (Phi) is 11.1. The van der Waals surface area contributed by atoms with Crippen molar-refractivity contribution in [1.82, 2.24) is 5.32 Å². The fraction of sp³-hybridized carbons (Fsp3) is 0.900. The number of amides is 1. The van der Waals surface area contributed by atoms with Crippen molar-refractivity contribution >= 4 is 18.3 Å². The smallest absolute Gasteiger partial charge is 0.222 e. The Morgan fingerprint density at radius 1 is 1.31 bits per heavy atom. The predicted molar refractivity (Wildman–Crippen MR) is 65.8 cm³/mol. The molecule has 0 saturated heterocycles. The molecule has 0 heterocycles. The number of rotatable bonds is 8. The Bertz CT molecular complexity index is 189. The normalized spacial score (nSPS) is 10.8. The van der Waals surface area contributed by atoms with Crippen molar-refractivity contribution in [3.8, 4) is 0 Å². The third-order valence-electron chi connectivity index (χ3n) is 1.89. The maximum Gasteiger partial charge on any atom is 0.222 e. The van der Waals surface area contributed by atoms with Gasteiger partial charge in [-0.3, -0.25) is 4.79 Å². The first-order valence-electron chi connectivity index (χ1n) is 5.09. The van der Waals surface area contributed by atoms with E-state index in [9.17, 15) is 4.79 Å². The summed E-state index contributed by atoms with van der Waals surface area (Å²) < 4.78 is 9.98. The number of carbonyl (C=O) groups is 1. The molecule has 0 aromatic heterocycles. The fourth-order valence-corrected chi connectivity index (χ4v) is 0.900. The van der Waals surface area contributed by atoms with E-state index in [1.165, 1.54) is 0 Å². The van der Waals surface area contributed by atoms with Crippen LogP contribution >= 0.6 is 12.4 Å². The third-order valence-corrected chi connectivity index (χ3v) is 1.89. The third kappa shape index (κ3) is 10.2. The molecule has 98 valence electrons. The molecule has 0 spiro atoms. The highest BCUT2D eigenvalue weighted by Crippen LogP contribution is 1.98. The molecule has 0 bridgehead atoms. The van der Waals surface area contributed by atoms with Crippen LogP contribution in [0, 0.1) is 0 Å². The van der Waals surface area contributed by atoms with Gasteiger partial charge in [0.15, 0.2) is 0 Å². The summed E-state index contributed by atoms with van der Waals surface area (Å²) in [5.74, 6) is -0.0390. The lowest BCUT2D eigenvalue weighted by Crippen LogP contribution is -2.49. The highest BCUT2D eigenvalue weighted by atomic mass is 35.5. The Morgan fingerprint density at radius 2 is 1.94 bits per heavy atom. The van der Waals surface area contributed by atoms with Gasteiger partial charge >= 0.3 is 0 Å². The van der Waals surface area contributed by atoms with Gasteiger partial charge in [-0.25, -0.2) is 0 Å². The monoisotopic (exact) mass is 254 g/mol. The second-order valence-corrected chi connectivity index (χ2v) is 3.99. The van der Waals surface area contributed by atoms with Crippen LogP contribution in [0.2, 0.25) is 0 Å². The Labute approximate surface area is 103 Å². The van der Waals surface area contributed by atoms with E-state index in [0.29, 0.717) is 32.8 Å². The van der Waals surface area contributed by atoms with Crippen LogP contribution in [0.4, 0.5) is 0 Å². The molecular formula is C10H23ClN2O3. The minimum atomic E-state index is -0.344. The summed E-state index contributed by atoms with van der Waals surface area (Å²) >= 11 is 0. The molecule has 0 aliphatic rings. The first-order valence-corrected chi connectivity index (χ1v) is 5.09. The van der Waals surface area contributed by atoms with Gasteiger partial charge in [0.1, 0.15) is 0 Å². The lowest BCUT2D eigenvalue weighted by molar-refractivity contribution is -0.123. The van der Waals surface area contributed by atoms with Crippen molar-refractivity contribution in [2.24, 2.45) is 5.73 Å². The Morgan fingerprint density at radius 3 is 2.44 bits per heavy atom. The van der Waals surface area contributed by atoms with E-state index in [1.54, 1.807) is 7.11 Å². The first kappa shape index (κ1) is 18.0. The summed E-state index contributed by atoms with van der Waals surface area (Å²) in [5, 5.41) is 2.82. The minimum Gasteiger partial charge on any atom is -0.382 e. The molecule has 0 aromatic carbocycles. The molecule has 0 rings (SSSR count). The first-order chi connectivity index (χ1) is 7.02. The number of nitrogens with two attached hydrogens (primary N) is 1. The van der Waals surface area contributed by atoms with Gasteiger partial charge in [0.2, 0.25) is 5.91 Å². The predicted octanol–water partition coefficient (Wildman–Crippen LogP) is 0.315. The lowest BCUT2D eigenvalue weighted by atomic mass is 10.1. The van der Waals surface area contributed by atoms with Crippen LogP contribution in [-0.4, -0.2) is 44.9 Å². The molecule has 0 aromatic rings. The summed E-state index contributed by atoms with van der Waals surface area (Å²) in [6.07, 6.45) is 0.354. The molecule has 6 heteroatoms. The molecular weight excluding hydrogens is 232 g/mol. The average molecular weight is 255 g/mol. The number of methoxy groups -OCH3 is 1. The lowest BCUT2D eigenvalue weighted by Gasteiger charge is -2.24. The van der Waals surface area contributed by atoms with Gasteiger partial charge in [-0.1, -0.05) is 0 Å². The highest BCUT2D eigenvalue weighted by molar-refractivity contribution is 5.85. The van der Waals surface area contributed by atoms with Gasteiger partial charge in [-0.15, -0.1) is 12.4 Å². The van der Waals surface area contributed by atoms with Crippen molar-refractivity contribution in [1.29, 1.82) is 0 Å². The second kappa shape index (κ2) is 9.84. The van der Waals surface area contributed by atoms with Gasteiger partial charge < -0.3 is 20.5 Å². The Balaban J connectivity index is 0. The molecule has 0 aliphatic heterocycles. The minimum absolute atomic E-state index is 0. The van der Waals surface area contributed by atoms with Crippen molar-refractivity contribution in [3.63, 3.8) is 0 Å². The van der Waals surface area contributed by atoms with Crippen LogP contribution in [0.1, 0.15) is 20.3 Å². The molecule has 0 unspecified atom stereocenters. The van der Waals surface area contributed by atoms with Crippen LogP contribution in [-0.2, 0) is 14.3 Å². The van der Waals surface area contributed by atoms with E-state index in [2.05, 4.69) is 5.32 Å². The standard InChI is InChI=1S/C10H22N2O3.ClH/c1-10(2,8-11)12-9(13)4-5-15-7-6-14-3;/h4-8,11H2,1-3H3,(H,12,13);1H. The number of nitrogens with one attached hydrogen (secondary N) is 1. The van der Waals surface area contributed by atoms with E-state index in [1.807, 2.05) is 13.8 Å². The Hall–Kier alpha value is -0.360. The van der Waals surface area contributed by atoms with E-state index in [-0.39, 0.29) is 23.9 Å². The zero-order valence-corrected chi connectivity index (χ0v) is 11.1. The molecule has 0 atom stereocenters. The largest absolute Gasteiger partial charge is 0.382 e. The summed E-state index contributed by atoms with van der Waals surface area (Å²) in [5.41, 5.74) is 5.14. The maximum absolute atomic E-state index is 11.4. The van der Waals surface area contributed by atoms with E-state index in [0.717, 1.165) is 0 Å². The molecule has 0 radical (unpaired) electrons. The topological polar surface area (TPSA) is 73.6 Å². The second-order valence-electron chi connectivity index (χ2n) is 3.99. The number of ether oxygens (including phenoxy) is 2. The van der Waals surface area contributed by atoms with Crippen molar-refractivity contribution in [3.05, 3.63) is 0 Å². The zero-order chi connectivity index (χ0) is 11.7. The SMILES string of the molecule is COCCOCCC(=O)NC(C)(C)CN.Cl. The van der Waals surface area contributed by atoms with Crippen LogP contribution < -0.4 is 11.1 Å². The van der Waals surface area contributed by atoms with Gasteiger partial charge in [0.05, 0.1) is 19.8 Å². The molecule has 1 amide bonds. The quantitative estimate of drug-likeness (QED) is 0.612. The molecule has 0 aliphatic carbocycles. The van der Waals surface area contributed by atoms with E-state index >= 15 is 0 Å². The summed E-state index contributed by atoms with van der Waals surface area (Å²) in [6.45, 7) is 5.67. The van der Waals surface area contributed by atoms with Crippen molar-refractivity contribution in [2.45, 2.75) is 25.8 Å². The fourth-order valence-electron chi connectivity index (χ4n) is 0.900. The average Bonchev–Trinajstić information content (AvgIpc) is 2.17. The molecule has 16 heavy (non-hydrogen) atoms. The number of halogens is 1. The van der Waals surface area contributed by atoms with Gasteiger partial charge in [-0.2, -0.15) is 0 Å². The van der Waals surface area contributed by atoms with Gasteiger partial charge in [0, 0.05) is 25.6 Å². The van der Waals surface area contributed by atoms with Gasteiger partial charge in [0.25, 0.3) is 0 Å². The molecule has 0 fully saturated rings. The molecule has 0 saturated carbocycles. The summed E-state index contributed by atoms with van der Waals surface area (Å²) in [7, 11) is 1.61. The summed E-state index contributed by atoms with van der Waals surface area (Å²) in [6, 6.07) is 0. The van der Waals surface area contributed by atoms with Crippen LogP contribution in [0.5, 0.6) is 0 Å². The number of carbonyl (C=O) groups excluding carboxylic acids is 1. The van der Waals surface area contributed by atoms with Gasteiger partial charge in [-0.05, 0) is 13.8 Å².